The largest absolute Gasteiger partial charge is 0.297 e. The number of halogens is 2. The molecule has 1 aliphatic heterocycles. The summed E-state index contributed by atoms with van der Waals surface area (Å²) in [6, 6.07) is 4.20. The number of rotatable bonds is 3. The highest BCUT2D eigenvalue weighted by molar-refractivity contribution is 7.90. The molecule has 1 N–H and O–H groups in total. The van der Waals surface area contributed by atoms with E-state index >= 15 is 0 Å². The summed E-state index contributed by atoms with van der Waals surface area (Å²) in [4.78, 5) is 20.6. The van der Waals surface area contributed by atoms with Crippen molar-refractivity contribution >= 4 is 21.4 Å². The van der Waals surface area contributed by atoms with Crippen molar-refractivity contribution in [2.45, 2.75) is 24.7 Å². The lowest BCUT2D eigenvalue weighted by atomic mass is 10.1. The quantitative estimate of drug-likeness (QED) is 0.827. The smallest absolute Gasteiger partial charge is 0.256 e. The second-order valence-corrected chi connectivity index (χ2v) is 8.10. The van der Waals surface area contributed by atoms with Gasteiger partial charge in [-0.1, -0.05) is 17.7 Å². The number of aromatic amines is 1. The summed E-state index contributed by atoms with van der Waals surface area (Å²) in [5.41, 5.74) is 1.27. The van der Waals surface area contributed by atoms with Gasteiger partial charge in [-0.3, -0.25) is 14.7 Å². The van der Waals surface area contributed by atoms with Gasteiger partial charge >= 0.3 is 0 Å². The SMILES string of the molecule is CS(=O)(=O)c1nc2c(c(=O)[nH]1)CN(Cc1ccc(F)cc1Cl)CC2. The summed E-state index contributed by atoms with van der Waals surface area (Å²) < 4.78 is 36.2. The molecule has 1 aromatic carbocycles. The second-order valence-electron chi connectivity index (χ2n) is 5.76. The van der Waals surface area contributed by atoms with Crippen molar-refractivity contribution in [1.29, 1.82) is 0 Å². The van der Waals surface area contributed by atoms with E-state index in [9.17, 15) is 17.6 Å². The highest BCUT2D eigenvalue weighted by Crippen LogP contribution is 2.22. The first-order valence-electron chi connectivity index (χ1n) is 7.22. The first-order chi connectivity index (χ1) is 11.2. The molecular weight excluding hydrogens is 357 g/mol. The van der Waals surface area contributed by atoms with Gasteiger partial charge in [0.15, 0.2) is 0 Å². The monoisotopic (exact) mass is 371 g/mol. The molecule has 0 unspecified atom stereocenters. The summed E-state index contributed by atoms with van der Waals surface area (Å²) in [6.45, 7) is 1.39. The fourth-order valence-electron chi connectivity index (χ4n) is 2.66. The van der Waals surface area contributed by atoms with E-state index < -0.39 is 21.2 Å². The minimum atomic E-state index is -3.56. The third-order valence-corrected chi connectivity index (χ3v) is 5.13. The van der Waals surface area contributed by atoms with Crippen molar-refractivity contribution in [2.24, 2.45) is 0 Å². The summed E-state index contributed by atoms with van der Waals surface area (Å²) in [5, 5.41) is 0.0292. The van der Waals surface area contributed by atoms with Crippen molar-refractivity contribution in [3.8, 4) is 0 Å². The van der Waals surface area contributed by atoms with Crippen LogP contribution in [0, 0.1) is 5.82 Å². The Labute approximate surface area is 143 Å². The van der Waals surface area contributed by atoms with Gasteiger partial charge in [0.05, 0.1) is 11.3 Å². The Morgan fingerprint density at radius 1 is 1.42 bits per heavy atom. The minimum Gasteiger partial charge on any atom is -0.297 e. The Bertz CT molecular complexity index is 959. The Kier molecular flexibility index (Phi) is 4.46. The van der Waals surface area contributed by atoms with Gasteiger partial charge in [0.2, 0.25) is 15.0 Å². The Hall–Kier alpha value is -1.77. The van der Waals surface area contributed by atoms with Crippen molar-refractivity contribution in [3.05, 3.63) is 56.2 Å². The molecule has 0 atom stereocenters. The Balaban J connectivity index is 1.86. The lowest BCUT2D eigenvalue weighted by molar-refractivity contribution is 0.241. The normalized spacial score (nSPS) is 15.3. The van der Waals surface area contributed by atoms with Crippen LogP contribution in [-0.2, 0) is 29.3 Å². The summed E-state index contributed by atoms with van der Waals surface area (Å²) in [5.74, 6) is -0.401. The molecule has 6 nitrogen and oxygen atoms in total. The van der Waals surface area contributed by atoms with Gasteiger partial charge < -0.3 is 0 Å². The van der Waals surface area contributed by atoms with Crippen LogP contribution in [0.4, 0.5) is 4.39 Å². The number of fused-ring (bicyclic) bond motifs is 1. The lowest BCUT2D eigenvalue weighted by Gasteiger charge is -2.27. The van der Waals surface area contributed by atoms with E-state index in [1.807, 2.05) is 4.90 Å². The molecule has 0 fully saturated rings. The molecular formula is C15H15ClFN3O3S. The minimum absolute atomic E-state index is 0.304. The number of aromatic nitrogens is 2. The molecule has 1 aliphatic rings. The number of sulfone groups is 1. The number of H-pyrrole nitrogens is 1. The van der Waals surface area contributed by atoms with Crippen LogP contribution < -0.4 is 5.56 Å². The van der Waals surface area contributed by atoms with Gasteiger partial charge in [-0.15, -0.1) is 0 Å². The predicted molar refractivity (Wildman–Crippen MR) is 87.2 cm³/mol. The highest BCUT2D eigenvalue weighted by Gasteiger charge is 2.23. The van der Waals surface area contributed by atoms with E-state index in [-0.39, 0.29) is 5.16 Å². The standard InChI is InChI=1S/C15H15ClFN3O3S/c1-24(22,23)15-18-13-4-5-20(8-11(13)14(21)19-15)7-9-2-3-10(17)6-12(9)16/h2-3,6H,4-5,7-8H2,1H3,(H,18,19,21). The van der Waals surface area contributed by atoms with E-state index in [1.54, 1.807) is 6.07 Å². The van der Waals surface area contributed by atoms with Crippen molar-refractivity contribution in [3.63, 3.8) is 0 Å². The molecule has 1 aromatic heterocycles. The molecule has 0 spiro atoms. The molecule has 0 aliphatic carbocycles. The van der Waals surface area contributed by atoms with Gasteiger partial charge in [-0.2, -0.15) is 0 Å². The van der Waals surface area contributed by atoms with E-state index in [1.165, 1.54) is 12.1 Å². The van der Waals surface area contributed by atoms with E-state index in [4.69, 9.17) is 11.6 Å². The first-order valence-corrected chi connectivity index (χ1v) is 9.49. The Morgan fingerprint density at radius 3 is 2.83 bits per heavy atom. The first kappa shape index (κ1) is 17.1. The Morgan fingerprint density at radius 2 is 2.17 bits per heavy atom. The van der Waals surface area contributed by atoms with Gasteiger partial charge in [-0.25, -0.2) is 17.8 Å². The molecule has 24 heavy (non-hydrogen) atoms. The molecule has 2 heterocycles. The van der Waals surface area contributed by atoms with Crippen LogP contribution in [-0.4, -0.2) is 36.1 Å². The third-order valence-electron chi connectivity index (χ3n) is 3.89. The summed E-state index contributed by atoms with van der Waals surface area (Å²) in [6.07, 6.45) is 1.46. The van der Waals surface area contributed by atoms with E-state index in [0.717, 1.165) is 11.8 Å². The number of nitrogens with one attached hydrogen (secondary N) is 1. The van der Waals surface area contributed by atoms with E-state index in [2.05, 4.69) is 9.97 Å². The summed E-state index contributed by atoms with van der Waals surface area (Å²) >= 11 is 6.04. The number of hydrogen-bond acceptors (Lipinski definition) is 5. The molecule has 0 amide bonds. The molecule has 128 valence electrons. The van der Waals surface area contributed by atoms with Crippen molar-refractivity contribution < 1.29 is 12.8 Å². The lowest BCUT2D eigenvalue weighted by Crippen LogP contribution is -2.36. The van der Waals surface area contributed by atoms with Crippen molar-refractivity contribution in [2.75, 3.05) is 12.8 Å². The average Bonchev–Trinajstić information content (AvgIpc) is 2.49. The molecule has 0 saturated carbocycles. The maximum Gasteiger partial charge on any atom is 0.256 e. The van der Waals surface area contributed by atoms with Gasteiger partial charge in [-0.05, 0) is 17.7 Å². The maximum absolute atomic E-state index is 13.1. The summed E-state index contributed by atoms with van der Waals surface area (Å²) in [7, 11) is -3.56. The van der Waals surface area contributed by atoms with Gasteiger partial charge in [0, 0.05) is 37.3 Å². The zero-order chi connectivity index (χ0) is 17.5. The molecule has 0 radical (unpaired) electrons. The molecule has 0 bridgehead atoms. The van der Waals surface area contributed by atoms with Crippen molar-refractivity contribution in [1.82, 2.24) is 14.9 Å². The van der Waals surface area contributed by atoms with Crippen LogP contribution >= 0.6 is 11.6 Å². The predicted octanol–water partition coefficient (Wildman–Crippen LogP) is 1.52. The molecule has 3 rings (SSSR count). The van der Waals surface area contributed by atoms with Crippen LogP contribution in [0.15, 0.2) is 28.2 Å². The third kappa shape index (κ3) is 3.50. The van der Waals surface area contributed by atoms with Crippen LogP contribution in [0.2, 0.25) is 5.02 Å². The zero-order valence-electron chi connectivity index (χ0n) is 12.8. The van der Waals surface area contributed by atoms with E-state index in [0.29, 0.717) is 42.3 Å². The second kappa shape index (κ2) is 6.27. The number of hydrogen-bond donors (Lipinski definition) is 1. The molecule has 2 aromatic rings. The fraction of sp³-hybridized carbons (Fsp3) is 0.333. The molecule has 9 heteroatoms. The average molecular weight is 372 g/mol. The number of nitrogens with zero attached hydrogens (tertiary/aromatic N) is 2. The van der Waals surface area contributed by atoms with Crippen LogP contribution in [0.5, 0.6) is 0 Å². The maximum atomic E-state index is 13.1. The fourth-order valence-corrected chi connectivity index (χ4v) is 3.44. The van der Waals surface area contributed by atoms with Crippen LogP contribution in [0.25, 0.3) is 0 Å². The highest BCUT2D eigenvalue weighted by atomic mass is 35.5. The topological polar surface area (TPSA) is 83.1 Å². The van der Waals surface area contributed by atoms with Gasteiger partial charge in [0.25, 0.3) is 5.56 Å². The number of benzene rings is 1. The molecule has 0 saturated heterocycles. The van der Waals surface area contributed by atoms with Gasteiger partial charge in [0.1, 0.15) is 5.82 Å². The van der Waals surface area contributed by atoms with Crippen LogP contribution in [0.3, 0.4) is 0 Å². The van der Waals surface area contributed by atoms with Crippen LogP contribution in [0.1, 0.15) is 16.8 Å². The zero-order valence-corrected chi connectivity index (χ0v) is 14.4.